The Morgan fingerprint density at radius 2 is 2.04 bits per heavy atom. The highest BCUT2D eigenvalue weighted by molar-refractivity contribution is 7.17. The van der Waals surface area contributed by atoms with Crippen LogP contribution < -0.4 is 5.32 Å². The van der Waals surface area contributed by atoms with Crippen molar-refractivity contribution in [1.82, 2.24) is 4.98 Å². The van der Waals surface area contributed by atoms with E-state index in [1.54, 1.807) is 13.0 Å². The lowest BCUT2D eigenvalue weighted by Crippen LogP contribution is -2.18. The molecule has 24 heavy (non-hydrogen) atoms. The number of anilines is 1. The third kappa shape index (κ3) is 3.93. The number of carbonyl (C=O) groups excluding carboxylic acids is 2. The Hall–Kier alpha value is -1.94. The highest BCUT2D eigenvalue weighted by Crippen LogP contribution is 2.34. The summed E-state index contributed by atoms with van der Waals surface area (Å²) in [6, 6.07) is 1.57. The van der Waals surface area contributed by atoms with Crippen LogP contribution >= 0.6 is 22.7 Å². The molecule has 1 N–H and O–H groups in total. The lowest BCUT2D eigenvalue weighted by Gasteiger charge is -2.07. The van der Waals surface area contributed by atoms with Crippen molar-refractivity contribution in [3.8, 4) is 0 Å². The minimum absolute atomic E-state index is 0.130. The zero-order valence-electron chi connectivity index (χ0n) is 12.7. The number of esters is 1. The first kappa shape index (κ1) is 18.4. The van der Waals surface area contributed by atoms with E-state index >= 15 is 0 Å². The van der Waals surface area contributed by atoms with Crippen LogP contribution in [-0.2, 0) is 17.3 Å². The fourth-order valence-corrected chi connectivity index (χ4v) is 3.52. The SMILES string of the molecule is CCOC(=O)c1cc(CC)sc1NC(=O)c1scnc1C(F)(F)F. The number of rotatable bonds is 5. The molecule has 0 atom stereocenters. The Labute approximate surface area is 143 Å². The second-order valence-corrected chi connectivity index (χ2v) is 6.50. The van der Waals surface area contributed by atoms with Gasteiger partial charge >= 0.3 is 12.1 Å². The number of aryl methyl sites for hydroxylation is 1. The number of amides is 1. The van der Waals surface area contributed by atoms with Crippen LogP contribution in [-0.4, -0.2) is 23.5 Å². The summed E-state index contributed by atoms with van der Waals surface area (Å²) in [5, 5.41) is 2.53. The van der Waals surface area contributed by atoms with Crippen LogP contribution in [0.1, 0.15) is 44.4 Å². The lowest BCUT2D eigenvalue weighted by atomic mass is 10.2. The van der Waals surface area contributed by atoms with Gasteiger partial charge in [0.05, 0.1) is 17.7 Å². The first-order chi connectivity index (χ1) is 11.3. The van der Waals surface area contributed by atoms with E-state index in [-0.39, 0.29) is 17.2 Å². The van der Waals surface area contributed by atoms with Crippen molar-refractivity contribution in [3.05, 3.63) is 32.6 Å². The topological polar surface area (TPSA) is 68.3 Å². The molecule has 0 spiro atoms. The maximum absolute atomic E-state index is 12.8. The smallest absolute Gasteiger partial charge is 0.434 e. The molecule has 0 fully saturated rings. The molecule has 0 saturated carbocycles. The maximum Gasteiger partial charge on any atom is 0.434 e. The average molecular weight is 378 g/mol. The number of aromatic nitrogens is 1. The first-order valence-electron chi connectivity index (χ1n) is 6.89. The summed E-state index contributed by atoms with van der Waals surface area (Å²) < 4.78 is 43.4. The molecule has 0 aliphatic rings. The Bertz CT molecular complexity index is 753. The summed E-state index contributed by atoms with van der Waals surface area (Å²) in [7, 11) is 0. The molecule has 2 aromatic heterocycles. The summed E-state index contributed by atoms with van der Waals surface area (Å²) in [4.78, 5) is 27.6. The van der Waals surface area contributed by atoms with Gasteiger partial charge in [-0.2, -0.15) is 13.2 Å². The maximum atomic E-state index is 12.8. The predicted octanol–water partition coefficient (Wildman–Crippen LogP) is 4.21. The van der Waals surface area contributed by atoms with Crippen molar-refractivity contribution in [2.24, 2.45) is 0 Å². The van der Waals surface area contributed by atoms with E-state index in [4.69, 9.17) is 4.74 Å². The van der Waals surface area contributed by atoms with E-state index < -0.39 is 28.6 Å². The van der Waals surface area contributed by atoms with E-state index in [9.17, 15) is 22.8 Å². The van der Waals surface area contributed by atoms with Crippen LogP contribution in [0.25, 0.3) is 0 Å². The van der Waals surface area contributed by atoms with Gasteiger partial charge < -0.3 is 10.1 Å². The molecule has 0 unspecified atom stereocenters. The summed E-state index contributed by atoms with van der Waals surface area (Å²) in [6.07, 6.45) is -4.11. The quantitative estimate of drug-likeness (QED) is 0.791. The number of carbonyl (C=O) groups is 2. The summed E-state index contributed by atoms with van der Waals surface area (Å²) in [5.41, 5.74) is -0.157. The van der Waals surface area contributed by atoms with Gasteiger partial charge in [-0.1, -0.05) is 6.92 Å². The van der Waals surface area contributed by atoms with Gasteiger partial charge in [0.2, 0.25) is 0 Å². The van der Waals surface area contributed by atoms with Gasteiger partial charge in [-0.3, -0.25) is 4.79 Å². The normalized spacial score (nSPS) is 11.4. The molecule has 0 radical (unpaired) electrons. The fraction of sp³-hybridized carbons (Fsp3) is 0.357. The predicted molar refractivity (Wildman–Crippen MR) is 84.7 cm³/mol. The van der Waals surface area contributed by atoms with Gasteiger partial charge in [0.25, 0.3) is 5.91 Å². The van der Waals surface area contributed by atoms with E-state index in [2.05, 4.69) is 10.3 Å². The van der Waals surface area contributed by atoms with Gasteiger partial charge in [0.15, 0.2) is 5.69 Å². The summed E-state index contributed by atoms with van der Waals surface area (Å²) in [5.74, 6) is -1.59. The Morgan fingerprint density at radius 1 is 1.33 bits per heavy atom. The molecule has 130 valence electrons. The number of alkyl halides is 3. The van der Waals surface area contributed by atoms with E-state index in [1.807, 2.05) is 6.92 Å². The van der Waals surface area contributed by atoms with Crippen molar-refractivity contribution in [2.45, 2.75) is 26.4 Å². The van der Waals surface area contributed by atoms with Crippen LogP contribution in [0.5, 0.6) is 0 Å². The number of halogens is 3. The van der Waals surface area contributed by atoms with Gasteiger partial charge in [-0.15, -0.1) is 22.7 Å². The molecular weight excluding hydrogens is 365 g/mol. The molecule has 0 aliphatic carbocycles. The molecule has 1 amide bonds. The van der Waals surface area contributed by atoms with Gasteiger partial charge in [0, 0.05) is 4.88 Å². The first-order valence-corrected chi connectivity index (χ1v) is 8.59. The summed E-state index contributed by atoms with van der Waals surface area (Å²) >= 11 is 1.71. The fourth-order valence-electron chi connectivity index (χ4n) is 1.84. The molecule has 2 aromatic rings. The third-order valence-electron chi connectivity index (χ3n) is 2.90. The molecule has 0 aromatic carbocycles. The molecule has 10 heteroatoms. The van der Waals surface area contributed by atoms with Crippen molar-refractivity contribution in [3.63, 3.8) is 0 Å². The van der Waals surface area contributed by atoms with Crippen molar-refractivity contribution < 1.29 is 27.5 Å². The Kier molecular flexibility index (Phi) is 5.60. The molecule has 2 rings (SSSR count). The molecular formula is C14H13F3N2O3S2. The monoisotopic (exact) mass is 378 g/mol. The van der Waals surface area contributed by atoms with Gasteiger partial charge in [0.1, 0.15) is 9.88 Å². The lowest BCUT2D eigenvalue weighted by molar-refractivity contribution is -0.141. The Morgan fingerprint density at radius 3 is 2.62 bits per heavy atom. The minimum atomic E-state index is -4.72. The zero-order chi connectivity index (χ0) is 17.9. The van der Waals surface area contributed by atoms with E-state index in [0.29, 0.717) is 17.8 Å². The third-order valence-corrected chi connectivity index (χ3v) is 4.92. The largest absolute Gasteiger partial charge is 0.462 e. The van der Waals surface area contributed by atoms with Crippen LogP contribution in [0, 0.1) is 0 Å². The van der Waals surface area contributed by atoms with Crippen LogP contribution in [0.3, 0.4) is 0 Å². The van der Waals surface area contributed by atoms with E-state index in [1.165, 1.54) is 0 Å². The number of thiophene rings is 1. The highest BCUT2D eigenvalue weighted by Gasteiger charge is 2.38. The number of nitrogens with one attached hydrogen (secondary N) is 1. The number of nitrogens with zero attached hydrogens (tertiary/aromatic N) is 1. The second-order valence-electron chi connectivity index (χ2n) is 4.51. The Balaban J connectivity index is 2.31. The number of ether oxygens (including phenoxy) is 1. The standard InChI is InChI=1S/C14H13F3N2O3S2/c1-3-7-5-8(13(21)22-4-2)12(24-7)19-11(20)9-10(14(15,16)17)18-6-23-9/h5-6H,3-4H2,1-2H3,(H,19,20). The molecule has 0 aliphatic heterocycles. The molecule has 2 heterocycles. The number of hydrogen-bond acceptors (Lipinski definition) is 6. The molecule has 0 bridgehead atoms. The van der Waals surface area contributed by atoms with Crippen LogP contribution in [0.4, 0.5) is 18.2 Å². The van der Waals surface area contributed by atoms with Crippen molar-refractivity contribution in [2.75, 3.05) is 11.9 Å². The van der Waals surface area contributed by atoms with Gasteiger partial charge in [-0.05, 0) is 19.4 Å². The summed E-state index contributed by atoms with van der Waals surface area (Å²) in [6.45, 7) is 3.64. The average Bonchev–Trinajstić information content (AvgIpc) is 3.13. The van der Waals surface area contributed by atoms with Crippen molar-refractivity contribution in [1.29, 1.82) is 0 Å². The van der Waals surface area contributed by atoms with Crippen LogP contribution in [0.2, 0.25) is 0 Å². The van der Waals surface area contributed by atoms with Gasteiger partial charge in [-0.25, -0.2) is 9.78 Å². The number of thiazole rings is 1. The highest BCUT2D eigenvalue weighted by atomic mass is 32.1. The van der Waals surface area contributed by atoms with E-state index in [0.717, 1.165) is 21.7 Å². The zero-order valence-corrected chi connectivity index (χ0v) is 14.3. The minimum Gasteiger partial charge on any atom is -0.462 e. The molecule has 5 nitrogen and oxygen atoms in total. The van der Waals surface area contributed by atoms with Crippen molar-refractivity contribution >= 4 is 39.6 Å². The van der Waals surface area contributed by atoms with Crippen LogP contribution in [0.15, 0.2) is 11.6 Å². The number of hydrogen-bond donors (Lipinski definition) is 1. The second kappa shape index (κ2) is 7.31. The molecule has 0 saturated heterocycles.